The number of amides is 1. The van der Waals surface area contributed by atoms with Gasteiger partial charge in [0.2, 0.25) is 5.91 Å². The Bertz CT molecular complexity index is 197. The van der Waals surface area contributed by atoms with E-state index in [2.05, 4.69) is 5.32 Å². The third-order valence-corrected chi connectivity index (χ3v) is 1.67. The zero-order valence-electron chi connectivity index (χ0n) is 7.59. The van der Waals surface area contributed by atoms with Crippen molar-refractivity contribution in [2.45, 2.75) is 26.3 Å². The van der Waals surface area contributed by atoms with E-state index in [1.54, 1.807) is 0 Å². The minimum Gasteiger partial charge on any atom is -0.377 e. The standard InChI is InChI=1S/C9H15NO2/c1-7(2)10-9(11)8-3-5-12-6-4-8/h3,7H,4-6H2,1-2H3,(H,10,11). The number of rotatable bonds is 2. The minimum atomic E-state index is 0.0494. The van der Waals surface area contributed by atoms with Crippen LogP contribution in [0.1, 0.15) is 20.3 Å². The lowest BCUT2D eigenvalue weighted by Gasteiger charge is -2.14. The molecule has 0 fully saturated rings. The fourth-order valence-corrected chi connectivity index (χ4v) is 1.09. The van der Waals surface area contributed by atoms with Crippen molar-refractivity contribution in [1.29, 1.82) is 0 Å². The summed E-state index contributed by atoms with van der Waals surface area (Å²) < 4.78 is 5.10. The molecule has 3 heteroatoms. The largest absolute Gasteiger partial charge is 0.377 e. The number of ether oxygens (including phenoxy) is 1. The third-order valence-electron chi connectivity index (χ3n) is 1.67. The highest BCUT2D eigenvalue weighted by Gasteiger charge is 2.12. The molecule has 0 spiro atoms. The van der Waals surface area contributed by atoms with E-state index in [1.165, 1.54) is 0 Å². The summed E-state index contributed by atoms with van der Waals surface area (Å²) in [6.45, 7) is 5.15. The van der Waals surface area contributed by atoms with E-state index in [9.17, 15) is 4.79 Å². The first kappa shape index (κ1) is 9.26. The van der Waals surface area contributed by atoms with E-state index in [0.717, 1.165) is 12.0 Å². The van der Waals surface area contributed by atoms with E-state index in [1.807, 2.05) is 19.9 Å². The van der Waals surface area contributed by atoms with Crippen LogP contribution in [-0.2, 0) is 9.53 Å². The molecule has 0 unspecified atom stereocenters. The van der Waals surface area contributed by atoms with Gasteiger partial charge in [0.1, 0.15) is 0 Å². The summed E-state index contributed by atoms with van der Waals surface area (Å²) in [6, 6.07) is 0.209. The molecule has 1 aliphatic heterocycles. The Morgan fingerprint density at radius 1 is 1.67 bits per heavy atom. The van der Waals surface area contributed by atoms with Crippen LogP contribution in [0.4, 0.5) is 0 Å². The number of carbonyl (C=O) groups excluding carboxylic acids is 1. The molecule has 0 aromatic heterocycles. The van der Waals surface area contributed by atoms with Gasteiger partial charge in [0.05, 0.1) is 13.2 Å². The Hall–Kier alpha value is -0.830. The van der Waals surface area contributed by atoms with Crippen molar-refractivity contribution < 1.29 is 9.53 Å². The Balaban J connectivity index is 2.45. The minimum absolute atomic E-state index is 0.0494. The van der Waals surface area contributed by atoms with Gasteiger partial charge in [-0.05, 0) is 13.8 Å². The summed E-state index contributed by atoms with van der Waals surface area (Å²) >= 11 is 0. The average Bonchev–Trinajstić information content (AvgIpc) is 2.05. The lowest BCUT2D eigenvalue weighted by Crippen LogP contribution is -2.32. The van der Waals surface area contributed by atoms with Gasteiger partial charge >= 0.3 is 0 Å². The van der Waals surface area contributed by atoms with Gasteiger partial charge in [-0.2, -0.15) is 0 Å². The first-order valence-electron chi connectivity index (χ1n) is 4.28. The molecule has 0 bridgehead atoms. The highest BCUT2D eigenvalue weighted by atomic mass is 16.5. The zero-order valence-corrected chi connectivity index (χ0v) is 7.59. The maximum Gasteiger partial charge on any atom is 0.247 e. The number of hydrogen-bond acceptors (Lipinski definition) is 2. The van der Waals surface area contributed by atoms with Crippen LogP contribution < -0.4 is 5.32 Å². The van der Waals surface area contributed by atoms with Crippen LogP contribution in [0.5, 0.6) is 0 Å². The van der Waals surface area contributed by atoms with E-state index >= 15 is 0 Å². The second kappa shape index (κ2) is 4.26. The molecule has 1 N–H and O–H groups in total. The molecular formula is C9H15NO2. The van der Waals surface area contributed by atoms with Gasteiger partial charge in [-0.3, -0.25) is 4.79 Å². The van der Waals surface area contributed by atoms with Crippen LogP contribution in [0.25, 0.3) is 0 Å². The molecule has 1 heterocycles. The molecule has 1 rings (SSSR count). The van der Waals surface area contributed by atoms with Gasteiger partial charge in [-0.15, -0.1) is 0 Å². The van der Waals surface area contributed by atoms with Crippen LogP contribution in [0.15, 0.2) is 11.6 Å². The molecule has 0 aromatic rings. The Kier molecular flexibility index (Phi) is 3.29. The molecule has 0 atom stereocenters. The quantitative estimate of drug-likeness (QED) is 0.665. The second-order valence-corrected chi connectivity index (χ2v) is 3.18. The van der Waals surface area contributed by atoms with E-state index in [-0.39, 0.29) is 11.9 Å². The molecule has 12 heavy (non-hydrogen) atoms. The summed E-state index contributed by atoms with van der Waals surface area (Å²) in [5.74, 6) is 0.0494. The van der Waals surface area contributed by atoms with Crippen LogP contribution in [0.2, 0.25) is 0 Å². The van der Waals surface area contributed by atoms with Crippen LogP contribution >= 0.6 is 0 Å². The third kappa shape index (κ3) is 2.66. The van der Waals surface area contributed by atoms with Crippen molar-refractivity contribution in [3.05, 3.63) is 11.6 Å². The summed E-state index contributed by atoms with van der Waals surface area (Å²) in [7, 11) is 0. The fraction of sp³-hybridized carbons (Fsp3) is 0.667. The number of carbonyl (C=O) groups is 1. The van der Waals surface area contributed by atoms with Gasteiger partial charge in [0, 0.05) is 18.0 Å². The molecule has 1 amide bonds. The lowest BCUT2D eigenvalue weighted by molar-refractivity contribution is -0.118. The zero-order chi connectivity index (χ0) is 8.97. The second-order valence-electron chi connectivity index (χ2n) is 3.18. The van der Waals surface area contributed by atoms with Gasteiger partial charge in [0.25, 0.3) is 0 Å². The smallest absolute Gasteiger partial charge is 0.247 e. The fourth-order valence-electron chi connectivity index (χ4n) is 1.09. The molecule has 3 nitrogen and oxygen atoms in total. The van der Waals surface area contributed by atoms with Crippen molar-refractivity contribution in [2.75, 3.05) is 13.2 Å². The SMILES string of the molecule is CC(C)NC(=O)C1=CCOCC1. The molecule has 0 aromatic carbocycles. The van der Waals surface area contributed by atoms with Crippen LogP contribution in [0, 0.1) is 0 Å². The predicted molar refractivity (Wildman–Crippen MR) is 46.8 cm³/mol. The topological polar surface area (TPSA) is 38.3 Å². The van der Waals surface area contributed by atoms with E-state index in [0.29, 0.717) is 13.2 Å². The van der Waals surface area contributed by atoms with E-state index < -0.39 is 0 Å². The van der Waals surface area contributed by atoms with Crippen LogP contribution in [0.3, 0.4) is 0 Å². The van der Waals surface area contributed by atoms with Gasteiger partial charge in [-0.1, -0.05) is 6.08 Å². The van der Waals surface area contributed by atoms with Crippen molar-refractivity contribution in [3.63, 3.8) is 0 Å². The van der Waals surface area contributed by atoms with Crippen molar-refractivity contribution in [3.8, 4) is 0 Å². The number of hydrogen-bond donors (Lipinski definition) is 1. The summed E-state index contributed by atoms with van der Waals surface area (Å²) in [5, 5.41) is 2.85. The van der Waals surface area contributed by atoms with Crippen molar-refractivity contribution in [1.82, 2.24) is 5.32 Å². The Morgan fingerprint density at radius 2 is 2.42 bits per heavy atom. The molecule has 1 aliphatic rings. The maximum atomic E-state index is 11.4. The molecular weight excluding hydrogens is 154 g/mol. The molecule has 0 radical (unpaired) electrons. The molecule has 0 saturated carbocycles. The highest BCUT2D eigenvalue weighted by Crippen LogP contribution is 2.07. The first-order valence-corrected chi connectivity index (χ1v) is 4.28. The Morgan fingerprint density at radius 3 is 2.92 bits per heavy atom. The summed E-state index contributed by atoms with van der Waals surface area (Å²) in [4.78, 5) is 11.4. The van der Waals surface area contributed by atoms with Crippen LogP contribution in [-0.4, -0.2) is 25.2 Å². The number of nitrogens with one attached hydrogen (secondary N) is 1. The normalized spacial score (nSPS) is 17.4. The monoisotopic (exact) mass is 169 g/mol. The molecule has 68 valence electrons. The van der Waals surface area contributed by atoms with Gasteiger partial charge < -0.3 is 10.1 Å². The average molecular weight is 169 g/mol. The summed E-state index contributed by atoms with van der Waals surface area (Å²) in [6.07, 6.45) is 2.58. The van der Waals surface area contributed by atoms with E-state index in [4.69, 9.17) is 4.74 Å². The van der Waals surface area contributed by atoms with Crippen molar-refractivity contribution in [2.24, 2.45) is 0 Å². The van der Waals surface area contributed by atoms with Gasteiger partial charge in [0.15, 0.2) is 0 Å². The van der Waals surface area contributed by atoms with Crippen molar-refractivity contribution >= 4 is 5.91 Å². The maximum absolute atomic E-state index is 11.4. The first-order chi connectivity index (χ1) is 5.70. The summed E-state index contributed by atoms with van der Waals surface area (Å²) in [5.41, 5.74) is 0.856. The highest BCUT2D eigenvalue weighted by molar-refractivity contribution is 5.93. The van der Waals surface area contributed by atoms with Gasteiger partial charge in [-0.25, -0.2) is 0 Å². The molecule has 0 aliphatic carbocycles. The molecule has 0 saturated heterocycles. The predicted octanol–water partition coefficient (Wildman–Crippen LogP) is 0.858. The Labute approximate surface area is 72.8 Å². The lowest BCUT2D eigenvalue weighted by atomic mass is 10.1.